The summed E-state index contributed by atoms with van der Waals surface area (Å²) < 4.78 is 0. The Hall–Kier alpha value is -2.16. The van der Waals surface area contributed by atoms with Crippen molar-refractivity contribution < 1.29 is 5.11 Å². The Morgan fingerprint density at radius 1 is 1.16 bits per heavy atom. The summed E-state index contributed by atoms with van der Waals surface area (Å²) in [4.78, 5) is 2.28. The summed E-state index contributed by atoms with van der Waals surface area (Å²) in [7, 11) is 0. The van der Waals surface area contributed by atoms with Gasteiger partial charge in [-0.15, -0.1) is 0 Å². The lowest BCUT2D eigenvalue weighted by molar-refractivity contribution is 0.477. The van der Waals surface area contributed by atoms with Gasteiger partial charge in [0.1, 0.15) is 5.75 Å². The van der Waals surface area contributed by atoms with Crippen LogP contribution >= 0.6 is 0 Å². The van der Waals surface area contributed by atoms with Crippen LogP contribution in [0.1, 0.15) is 18.1 Å². The second-order valence-electron chi connectivity index (χ2n) is 4.75. The van der Waals surface area contributed by atoms with Crippen LogP contribution in [0.4, 0.5) is 11.4 Å². The van der Waals surface area contributed by atoms with Gasteiger partial charge in [0.05, 0.1) is 5.69 Å². The molecule has 2 aromatic rings. The normalized spacial score (nSPS) is 10.4. The van der Waals surface area contributed by atoms with Crippen LogP contribution in [0.15, 0.2) is 42.5 Å². The van der Waals surface area contributed by atoms with Gasteiger partial charge < -0.3 is 15.7 Å². The average Bonchev–Trinajstić information content (AvgIpc) is 2.40. The van der Waals surface area contributed by atoms with E-state index in [1.54, 1.807) is 6.07 Å². The molecule has 0 aliphatic heterocycles. The number of nitrogen functional groups attached to an aromatic ring is 1. The van der Waals surface area contributed by atoms with Crippen LogP contribution < -0.4 is 10.6 Å². The Labute approximate surface area is 114 Å². The first kappa shape index (κ1) is 13.3. The van der Waals surface area contributed by atoms with Crippen LogP contribution in [0.5, 0.6) is 5.75 Å². The number of phenols is 1. The number of nitrogens with zero attached hydrogens (tertiary/aromatic N) is 1. The highest BCUT2D eigenvalue weighted by Crippen LogP contribution is 2.23. The van der Waals surface area contributed by atoms with Gasteiger partial charge in [0, 0.05) is 18.8 Å². The highest BCUT2D eigenvalue weighted by atomic mass is 16.3. The van der Waals surface area contributed by atoms with Crippen molar-refractivity contribution >= 4 is 11.4 Å². The lowest BCUT2D eigenvalue weighted by Crippen LogP contribution is -2.22. The number of nitrogens with two attached hydrogens (primary N) is 1. The third kappa shape index (κ3) is 3.19. The van der Waals surface area contributed by atoms with E-state index >= 15 is 0 Å². The fourth-order valence-corrected chi connectivity index (χ4v) is 2.13. The molecule has 0 aliphatic carbocycles. The Balaban J connectivity index is 2.21. The molecule has 0 saturated carbocycles. The molecule has 3 nitrogen and oxygen atoms in total. The van der Waals surface area contributed by atoms with E-state index in [4.69, 9.17) is 5.73 Å². The molecular weight excluding hydrogens is 236 g/mol. The van der Waals surface area contributed by atoms with Gasteiger partial charge in [0.2, 0.25) is 0 Å². The molecule has 0 radical (unpaired) electrons. The third-order valence-electron chi connectivity index (χ3n) is 3.21. The van der Waals surface area contributed by atoms with Gasteiger partial charge in [0.25, 0.3) is 0 Å². The van der Waals surface area contributed by atoms with E-state index in [9.17, 15) is 5.11 Å². The minimum Gasteiger partial charge on any atom is -0.506 e. The van der Waals surface area contributed by atoms with Crippen molar-refractivity contribution in [3.8, 4) is 5.75 Å². The molecule has 3 N–H and O–H groups in total. The molecule has 0 aliphatic rings. The van der Waals surface area contributed by atoms with Crippen LogP contribution in [-0.2, 0) is 6.54 Å². The van der Waals surface area contributed by atoms with Crippen LogP contribution in [-0.4, -0.2) is 11.7 Å². The van der Waals surface area contributed by atoms with E-state index < -0.39 is 0 Å². The van der Waals surface area contributed by atoms with E-state index in [-0.39, 0.29) is 5.75 Å². The lowest BCUT2D eigenvalue weighted by Gasteiger charge is -2.24. The first-order chi connectivity index (χ1) is 9.10. The first-order valence-electron chi connectivity index (χ1n) is 6.49. The van der Waals surface area contributed by atoms with Crippen LogP contribution in [0.2, 0.25) is 0 Å². The molecule has 2 rings (SSSR count). The third-order valence-corrected chi connectivity index (χ3v) is 3.21. The fourth-order valence-electron chi connectivity index (χ4n) is 2.13. The smallest absolute Gasteiger partial charge is 0.138 e. The summed E-state index contributed by atoms with van der Waals surface area (Å²) in [6, 6.07) is 13.8. The second-order valence-corrected chi connectivity index (χ2v) is 4.75. The van der Waals surface area contributed by atoms with Gasteiger partial charge in [-0.3, -0.25) is 0 Å². The SMILES string of the molecule is CCN(Cc1ccc(O)c(N)c1)c1cccc(C)c1. The minimum absolute atomic E-state index is 0.141. The van der Waals surface area contributed by atoms with Gasteiger partial charge in [0.15, 0.2) is 0 Å². The summed E-state index contributed by atoms with van der Waals surface area (Å²) in [6.45, 7) is 5.93. The molecule has 2 aromatic carbocycles. The maximum absolute atomic E-state index is 9.45. The van der Waals surface area contributed by atoms with Crippen molar-refractivity contribution in [3.05, 3.63) is 53.6 Å². The van der Waals surface area contributed by atoms with E-state index in [1.165, 1.54) is 11.3 Å². The Morgan fingerprint density at radius 3 is 2.58 bits per heavy atom. The molecule has 100 valence electrons. The zero-order chi connectivity index (χ0) is 13.8. The van der Waals surface area contributed by atoms with Gasteiger partial charge in [-0.05, 0) is 49.2 Å². The molecule has 0 bridgehead atoms. The number of aromatic hydroxyl groups is 1. The summed E-state index contributed by atoms with van der Waals surface area (Å²) >= 11 is 0. The predicted molar refractivity (Wildman–Crippen MR) is 80.4 cm³/mol. The Morgan fingerprint density at radius 2 is 1.95 bits per heavy atom. The van der Waals surface area contributed by atoms with Crippen LogP contribution in [0, 0.1) is 6.92 Å². The average molecular weight is 256 g/mol. The highest BCUT2D eigenvalue weighted by Gasteiger charge is 2.07. The Bertz CT molecular complexity index is 566. The molecule has 0 atom stereocenters. The van der Waals surface area contributed by atoms with Crippen molar-refractivity contribution in [2.24, 2.45) is 0 Å². The largest absolute Gasteiger partial charge is 0.506 e. The summed E-state index contributed by atoms with van der Waals surface area (Å²) in [5.74, 6) is 0.141. The maximum atomic E-state index is 9.45. The van der Waals surface area contributed by atoms with E-state index in [0.717, 1.165) is 18.7 Å². The molecule has 3 heteroatoms. The van der Waals surface area contributed by atoms with E-state index in [1.807, 2.05) is 12.1 Å². The number of aryl methyl sites for hydroxylation is 1. The summed E-state index contributed by atoms with van der Waals surface area (Å²) in [6.07, 6.45) is 0. The first-order valence-corrected chi connectivity index (χ1v) is 6.49. The number of rotatable bonds is 4. The minimum atomic E-state index is 0.141. The van der Waals surface area contributed by atoms with Gasteiger partial charge in [-0.2, -0.15) is 0 Å². The van der Waals surface area contributed by atoms with Crippen molar-refractivity contribution in [1.29, 1.82) is 0 Å². The lowest BCUT2D eigenvalue weighted by atomic mass is 10.1. The number of hydrogen-bond acceptors (Lipinski definition) is 3. The quantitative estimate of drug-likeness (QED) is 0.651. The van der Waals surface area contributed by atoms with Crippen LogP contribution in [0.25, 0.3) is 0 Å². The van der Waals surface area contributed by atoms with Crippen molar-refractivity contribution in [3.63, 3.8) is 0 Å². The molecule has 0 spiro atoms. The molecule has 0 amide bonds. The van der Waals surface area contributed by atoms with Crippen molar-refractivity contribution in [2.45, 2.75) is 20.4 Å². The van der Waals surface area contributed by atoms with E-state index in [2.05, 4.69) is 43.0 Å². The van der Waals surface area contributed by atoms with Crippen molar-refractivity contribution in [1.82, 2.24) is 0 Å². The maximum Gasteiger partial charge on any atom is 0.138 e. The highest BCUT2D eigenvalue weighted by molar-refractivity contribution is 5.55. The van der Waals surface area contributed by atoms with Crippen LogP contribution in [0.3, 0.4) is 0 Å². The fraction of sp³-hybridized carbons (Fsp3) is 0.250. The molecule has 0 fully saturated rings. The topological polar surface area (TPSA) is 49.5 Å². The second kappa shape index (κ2) is 5.65. The molecule has 0 heterocycles. The molecule has 0 saturated heterocycles. The van der Waals surface area contributed by atoms with Gasteiger partial charge in [-0.25, -0.2) is 0 Å². The number of benzene rings is 2. The zero-order valence-corrected chi connectivity index (χ0v) is 11.4. The number of hydrogen-bond donors (Lipinski definition) is 2. The van der Waals surface area contributed by atoms with Crippen molar-refractivity contribution in [2.75, 3.05) is 17.2 Å². The number of anilines is 2. The number of phenolic OH excluding ortho intramolecular Hbond substituents is 1. The summed E-state index contributed by atoms with van der Waals surface area (Å²) in [5.41, 5.74) is 9.71. The van der Waals surface area contributed by atoms with E-state index in [0.29, 0.717) is 5.69 Å². The van der Waals surface area contributed by atoms with Gasteiger partial charge >= 0.3 is 0 Å². The van der Waals surface area contributed by atoms with Gasteiger partial charge in [-0.1, -0.05) is 18.2 Å². The Kier molecular flexibility index (Phi) is 3.95. The standard InChI is InChI=1S/C16H20N2O/c1-3-18(14-6-4-5-12(2)9-14)11-13-7-8-16(19)15(17)10-13/h4-10,19H,3,11,17H2,1-2H3. The monoisotopic (exact) mass is 256 g/mol. The predicted octanol–water partition coefficient (Wildman–Crippen LogP) is 3.31. The molecule has 0 aromatic heterocycles. The zero-order valence-electron chi connectivity index (χ0n) is 11.4. The molecule has 0 unspecified atom stereocenters. The molecule has 19 heavy (non-hydrogen) atoms. The molecular formula is C16H20N2O. The summed E-state index contributed by atoms with van der Waals surface area (Å²) in [5, 5.41) is 9.45.